The molecule has 10 heteroatoms. The molecule has 1 atom stereocenters. The molecule has 3 rings (SSSR count). The molecule has 5 N–H and O–H groups in total. The van der Waals surface area contributed by atoms with E-state index in [1.54, 1.807) is 38.1 Å². The first-order valence-electron chi connectivity index (χ1n) is 13.0. The highest BCUT2D eigenvalue weighted by Gasteiger charge is 2.38. The number of carboxylic acids is 2. The van der Waals surface area contributed by atoms with E-state index in [0.29, 0.717) is 53.9 Å². The molecule has 0 aliphatic carbocycles. The van der Waals surface area contributed by atoms with Crippen LogP contribution in [0.15, 0.2) is 83.2 Å². The van der Waals surface area contributed by atoms with E-state index in [4.69, 9.17) is 14.2 Å². The van der Waals surface area contributed by atoms with Crippen LogP contribution < -0.4 is 24.8 Å². The number of ether oxygens (including phenoxy) is 3. The van der Waals surface area contributed by atoms with Gasteiger partial charge in [0.05, 0.1) is 23.7 Å². The molecule has 0 amide bonds. The van der Waals surface area contributed by atoms with Gasteiger partial charge in [-0.25, -0.2) is 9.59 Å². The van der Waals surface area contributed by atoms with Gasteiger partial charge >= 0.3 is 11.9 Å². The van der Waals surface area contributed by atoms with Crippen molar-refractivity contribution in [3.8, 4) is 17.2 Å². The molecule has 0 aromatic heterocycles. The summed E-state index contributed by atoms with van der Waals surface area (Å²) in [6.07, 6.45) is 2.94. The van der Waals surface area contributed by atoms with Crippen molar-refractivity contribution >= 4 is 11.9 Å². The highest BCUT2D eigenvalue weighted by Crippen LogP contribution is 2.43. The maximum Gasteiger partial charge on any atom is 0.334 e. The van der Waals surface area contributed by atoms with Crippen LogP contribution in [0.2, 0.25) is 0 Å². The maximum atomic E-state index is 12.2. The fraction of sp³-hybridized carbons (Fsp3) is 0.333. The summed E-state index contributed by atoms with van der Waals surface area (Å²) in [5, 5.41) is 36.1. The molecular weight excluding hydrogens is 516 g/mol. The first kappa shape index (κ1) is 30.3. The van der Waals surface area contributed by atoms with Gasteiger partial charge in [-0.15, -0.1) is 0 Å². The van der Waals surface area contributed by atoms with Crippen LogP contribution in [0.4, 0.5) is 0 Å². The Hall–Kier alpha value is -4.28. The number of hydrogen-bond acceptors (Lipinski definition) is 8. The second-order valence-electron chi connectivity index (χ2n) is 9.10. The Labute approximate surface area is 233 Å². The number of carbonyl (C=O) groups is 2. The van der Waals surface area contributed by atoms with E-state index in [1.807, 2.05) is 43.3 Å². The van der Waals surface area contributed by atoms with E-state index in [2.05, 4.69) is 10.6 Å². The fourth-order valence-corrected chi connectivity index (χ4v) is 4.40. The number of aliphatic carboxylic acids is 2. The van der Waals surface area contributed by atoms with Gasteiger partial charge in [-0.2, -0.15) is 0 Å². The van der Waals surface area contributed by atoms with E-state index in [-0.39, 0.29) is 24.4 Å². The number of dihydropyridines is 1. The van der Waals surface area contributed by atoms with Gasteiger partial charge in [0.25, 0.3) is 0 Å². The number of carboxylic acid groups (broad SMARTS) is 2. The summed E-state index contributed by atoms with van der Waals surface area (Å²) in [7, 11) is 0. The van der Waals surface area contributed by atoms with Crippen LogP contribution >= 0.6 is 0 Å². The lowest BCUT2D eigenvalue weighted by atomic mass is 9.80. The van der Waals surface area contributed by atoms with Gasteiger partial charge in [0.2, 0.25) is 0 Å². The monoisotopic (exact) mass is 552 g/mol. The van der Waals surface area contributed by atoms with E-state index in [1.165, 1.54) is 0 Å². The number of rotatable bonds is 15. The molecule has 1 aliphatic rings. The maximum absolute atomic E-state index is 12.2. The minimum Gasteiger partial charge on any atom is -0.494 e. The van der Waals surface area contributed by atoms with Crippen molar-refractivity contribution in [3.05, 3.63) is 88.8 Å². The second kappa shape index (κ2) is 14.8. The summed E-state index contributed by atoms with van der Waals surface area (Å²) in [4.78, 5) is 24.5. The number of allylic oxidation sites excluding steroid dienone is 2. The van der Waals surface area contributed by atoms with Crippen molar-refractivity contribution in [3.63, 3.8) is 0 Å². The van der Waals surface area contributed by atoms with E-state index < -0.39 is 24.0 Å². The first-order valence-corrected chi connectivity index (χ1v) is 13.0. The molecule has 214 valence electrons. The number of nitrogens with one attached hydrogen (secondary N) is 2. The standard InChI is InChI=1S/C30H36N2O8/c1-4-38-23-12-13-25(24(16-23)28-26(29(34)35)19(2)32-20(3)27(28)30(36)37)39-15-9-8-14-31-17-21(33)18-40-22-10-6-5-7-11-22/h5-13,16,21,28,31-33H,4,14-15,17-18H2,1-3H3,(H,34,35)(H,36,37)/b9-8+/t21-/m0/s1. The van der Waals surface area contributed by atoms with Crippen molar-refractivity contribution < 1.29 is 39.1 Å². The predicted octanol–water partition coefficient (Wildman–Crippen LogP) is 3.45. The molecule has 2 aromatic rings. The average molecular weight is 553 g/mol. The van der Waals surface area contributed by atoms with E-state index in [9.17, 15) is 24.9 Å². The minimum atomic E-state index is -1.23. The van der Waals surface area contributed by atoms with Gasteiger partial charge < -0.3 is 40.2 Å². The lowest BCUT2D eigenvalue weighted by molar-refractivity contribution is -0.133. The van der Waals surface area contributed by atoms with Crippen LogP contribution in [-0.4, -0.2) is 66.3 Å². The van der Waals surface area contributed by atoms with Gasteiger partial charge in [-0.05, 0) is 51.1 Å². The van der Waals surface area contributed by atoms with Crippen LogP contribution in [0.1, 0.15) is 32.3 Å². The molecule has 1 aliphatic heterocycles. The molecule has 0 radical (unpaired) electrons. The second-order valence-corrected chi connectivity index (χ2v) is 9.10. The van der Waals surface area contributed by atoms with Gasteiger partial charge in [-0.1, -0.05) is 30.4 Å². The zero-order chi connectivity index (χ0) is 29.1. The van der Waals surface area contributed by atoms with Gasteiger partial charge in [-0.3, -0.25) is 0 Å². The molecule has 0 unspecified atom stereocenters. The average Bonchev–Trinajstić information content (AvgIpc) is 2.91. The van der Waals surface area contributed by atoms with Crippen molar-refractivity contribution in [1.29, 1.82) is 0 Å². The summed E-state index contributed by atoms with van der Waals surface area (Å²) in [6.45, 7) is 6.55. The zero-order valence-electron chi connectivity index (χ0n) is 22.8. The Kier molecular flexibility index (Phi) is 11.2. The Morgan fingerprint density at radius 1 is 0.950 bits per heavy atom. The Morgan fingerprint density at radius 3 is 2.25 bits per heavy atom. The summed E-state index contributed by atoms with van der Waals surface area (Å²) in [5.41, 5.74) is 0.950. The van der Waals surface area contributed by atoms with Crippen LogP contribution in [0, 0.1) is 0 Å². The third-order valence-corrected chi connectivity index (χ3v) is 6.15. The molecule has 0 fully saturated rings. The van der Waals surface area contributed by atoms with Gasteiger partial charge in [0, 0.05) is 30.0 Å². The van der Waals surface area contributed by atoms with Crippen molar-refractivity contribution in [2.75, 3.05) is 32.9 Å². The van der Waals surface area contributed by atoms with Crippen molar-refractivity contribution in [2.45, 2.75) is 32.8 Å². The number of para-hydroxylation sites is 1. The smallest absolute Gasteiger partial charge is 0.334 e. The fourth-order valence-electron chi connectivity index (χ4n) is 4.40. The van der Waals surface area contributed by atoms with E-state index >= 15 is 0 Å². The lowest BCUT2D eigenvalue weighted by Crippen LogP contribution is -2.31. The van der Waals surface area contributed by atoms with E-state index in [0.717, 1.165) is 0 Å². The summed E-state index contributed by atoms with van der Waals surface area (Å²) >= 11 is 0. The molecule has 1 heterocycles. The Morgan fingerprint density at radius 2 is 1.62 bits per heavy atom. The normalized spacial score (nSPS) is 14.7. The molecule has 2 aromatic carbocycles. The zero-order valence-corrected chi connectivity index (χ0v) is 22.8. The number of benzene rings is 2. The molecule has 40 heavy (non-hydrogen) atoms. The topological polar surface area (TPSA) is 147 Å². The van der Waals surface area contributed by atoms with Crippen LogP contribution in [0.25, 0.3) is 0 Å². The molecule has 10 nitrogen and oxygen atoms in total. The summed E-state index contributed by atoms with van der Waals surface area (Å²) in [5.74, 6) is -2.01. The largest absolute Gasteiger partial charge is 0.494 e. The molecular formula is C30H36N2O8. The summed E-state index contributed by atoms with van der Waals surface area (Å²) in [6, 6.07) is 14.2. The third-order valence-electron chi connectivity index (χ3n) is 6.15. The van der Waals surface area contributed by atoms with Gasteiger partial charge in [0.1, 0.15) is 36.6 Å². The Bertz CT molecular complexity index is 1230. The predicted molar refractivity (Wildman–Crippen MR) is 150 cm³/mol. The van der Waals surface area contributed by atoms with Crippen LogP contribution in [-0.2, 0) is 9.59 Å². The first-order chi connectivity index (χ1) is 19.2. The number of hydrogen-bond donors (Lipinski definition) is 5. The minimum absolute atomic E-state index is 0.0731. The number of aliphatic hydroxyl groups excluding tert-OH is 1. The van der Waals surface area contributed by atoms with Crippen LogP contribution in [0.3, 0.4) is 0 Å². The molecule has 0 saturated carbocycles. The lowest BCUT2D eigenvalue weighted by Gasteiger charge is -2.30. The molecule has 0 spiro atoms. The van der Waals surface area contributed by atoms with Gasteiger partial charge in [0.15, 0.2) is 0 Å². The SMILES string of the molecule is CCOc1ccc(OC/C=C/CNC[C@H](O)COc2ccccc2)c(C2C(C(=O)O)=C(C)NC(C)=C2C(=O)O)c1. The van der Waals surface area contributed by atoms with Crippen molar-refractivity contribution in [1.82, 2.24) is 10.6 Å². The Balaban J connectivity index is 1.67. The quantitative estimate of drug-likeness (QED) is 0.164. The highest BCUT2D eigenvalue weighted by molar-refractivity contribution is 5.98. The molecule has 0 bridgehead atoms. The molecule has 0 saturated heterocycles. The van der Waals surface area contributed by atoms with Crippen LogP contribution in [0.5, 0.6) is 17.2 Å². The summed E-state index contributed by atoms with van der Waals surface area (Å²) < 4.78 is 17.1. The van der Waals surface area contributed by atoms with Crippen molar-refractivity contribution in [2.24, 2.45) is 0 Å². The third kappa shape index (κ3) is 8.11. The number of aliphatic hydroxyl groups is 1. The highest BCUT2D eigenvalue weighted by atomic mass is 16.5.